The third kappa shape index (κ3) is 2.30. The molecule has 1 aliphatic heterocycles. The lowest BCUT2D eigenvalue weighted by Crippen LogP contribution is -2.42. The third-order valence-corrected chi connectivity index (χ3v) is 4.14. The Balaban J connectivity index is 1.75. The van der Waals surface area contributed by atoms with E-state index in [2.05, 4.69) is 4.98 Å². The van der Waals surface area contributed by atoms with Gasteiger partial charge in [-0.25, -0.2) is 4.79 Å². The zero-order valence-electron chi connectivity index (χ0n) is 11.0. The number of hydrogen-bond acceptors (Lipinski definition) is 5. The molecule has 0 aromatic carbocycles. The number of ether oxygens (including phenoxy) is 2. The standard InChI is InChI=1S/C14H17NO5/c16-12(17)10-1-2-11(15-9-10)13(18)3-5-14(6-4-13)19-7-8-20-14/h1-2,9,18H,3-8H2,(H,16,17). The number of carboxylic acid groups (broad SMARTS) is 1. The van der Waals surface area contributed by atoms with Crippen LogP contribution >= 0.6 is 0 Å². The van der Waals surface area contributed by atoms with Crippen molar-refractivity contribution < 1.29 is 24.5 Å². The van der Waals surface area contributed by atoms with Crippen LogP contribution in [0.3, 0.4) is 0 Å². The van der Waals surface area contributed by atoms with Crippen LogP contribution in [0.2, 0.25) is 0 Å². The molecule has 2 fully saturated rings. The Morgan fingerprint density at radius 3 is 2.30 bits per heavy atom. The molecule has 108 valence electrons. The summed E-state index contributed by atoms with van der Waals surface area (Å²) in [4.78, 5) is 14.9. The highest BCUT2D eigenvalue weighted by atomic mass is 16.7. The Bertz CT molecular complexity index is 497. The minimum Gasteiger partial charge on any atom is -0.478 e. The number of aliphatic hydroxyl groups is 1. The molecule has 20 heavy (non-hydrogen) atoms. The lowest BCUT2D eigenvalue weighted by Gasteiger charge is -2.40. The number of rotatable bonds is 2. The van der Waals surface area contributed by atoms with Gasteiger partial charge >= 0.3 is 5.97 Å². The van der Waals surface area contributed by atoms with E-state index in [0.717, 1.165) is 0 Å². The van der Waals surface area contributed by atoms with Gasteiger partial charge in [-0.05, 0) is 25.0 Å². The number of carboxylic acids is 1. The smallest absolute Gasteiger partial charge is 0.337 e. The van der Waals surface area contributed by atoms with E-state index < -0.39 is 17.4 Å². The Kier molecular flexibility index (Phi) is 3.24. The van der Waals surface area contributed by atoms with Gasteiger partial charge in [0.05, 0.1) is 24.5 Å². The second-order valence-electron chi connectivity index (χ2n) is 5.38. The van der Waals surface area contributed by atoms with Gasteiger partial charge in [0.15, 0.2) is 5.79 Å². The van der Waals surface area contributed by atoms with Crippen LogP contribution in [0, 0.1) is 0 Å². The molecular formula is C14H17NO5. The SMILES string of the molecule is O=C(O)c1ccc(C2(O)CCC3(CC2)OCCO3)nc1. The van der Waals surface area contributed by atoms with Gasteiger partial charge in [0.1, 0.15) is 5.60 Å². The first kappa shape index (κ1) is 13.5. The van der Waals surface area contributed by atoms with Gasteiger partial charge < -0.3 is 19.7 Å². The molecule has 2 N–H and O–H groups in total. The van der Waals surface area contributed by atoms with E-state index in [1.807, 2.05) is 0 Å². The van der Waals surface area contributed by atoms with Crippen LogP contribution in [-0.4, -0.2) is 40.2 Å². The van der Waals surface area contributed by atoms with Crippen LogP contribution in [0.15, 0.2) is 18.3 Å². The number of aromatic carboxylic acids is 1. The molecule has 6 heteroatoms. The van der Waals surface area contributed by atoms with Crippen LogP contribution < -0.4 is 0 Å². The van der Waals surface area contributed by atoms with Gasteiger partial charge in [0, 0.05) is 19.0 Å². The van der Waals surface area contributed by atoms with Crippen molar-refractivity contribution in [2.45, 2.75) is 37.1 Å². The first-order chi connectivity index (χ1) is 9.53. The second kappa shape index (κ2) is 4.80. The molecule has 1 saturated heterocycles. The fraction of sp³-hybridized carbons (Fsp3) is 0.571. The molecular weight excluding hydrogens is 262 g/mol. The first-order valence-electron chi connectivity index (χ1n) is 6.73. The van der Waals surface area contributed by atoms with Crippen molar-refractivity contribution in [2.24, 2.45) is 0 Å². The van der Waals surface area contributed by atoms with Crippen LogP contribution in [0.5, 0.6) is 0 Å². The van der Waals surface area contributed by atoms with Crippen molar-refractivity contribution in [1.29, 1.82) is 0 Å². The zero-order chi connectivity index (χ0) is 14.2. The number of pyridine rings is 1. The molecule has 0 unspecified atom stereocenters. The van der Waals surface area contributed by atoms with Gasteiger partial charge in [-0.1, -0.05) is 0 Å². The molecule has 1 aromatic heterocycles. The summed E-state index contributed by atoms with van der Waals surface area (Å²) in [5.74, 6) is -1.56. The normalized spacial score (nSPS) is 23.9. The summed E-state index contributed by atoms with van der Waals surface area (Å²) in [6.45, 7) is 1.20. The molecule has 0 bridgehead atoms. The number of carbonyl (C=O) groups is 1. The van der Waals surface area contributed by atoms with Crippen molar-refractivity contribution in [3.63, 3.8) is 0 Å². The maximum atomic E-state index is 10.8. The average Bonchev–Trinajstić information content (AvgIpc) is 2.92. The fourth-order valence-electron chi connectivity index (χ4n) is 2.88. The highest BCUT2D eigenvalue weighted by Gasteiger charge is 2.46. The molecule has 1 spiro atoms. The minimum absolute atomic E-state index is 0.118. The topological polar surface area (TPSA) is 88.9 Å². The minimum atomic E-state index is -1.03. The van der Waals surface area contributed by atoms with Crippen LogP contribution in [-0.2, 0) is 15.1 Å². The van der Waals surface area contributed by atoms with Gasteiger partial charge in [0.25, 0.3) is 0 Å². The van der Waals surface area contributed by atoms with Crippen LogP contribution in [0.1, 0.15) is 41.7 Å². The largest absolute Gasteiger partial charge is 0.478 e. The Hall–Kier alpha value is -1.50. The van der Waals surface area contributed by atoms with E-state index in [1.54, 1.807) is 6.07 Å². The van der Waals surface area contributed by atoms with E-state index in [1.165, 1.54) is 12.3 Å². The second-order valence-corrected chi connectivity index (χ2v) is 5.38. The first-order valence-corrected chi connectivity index (χ1v) is 6.73. The van der Waals surface area contributed by atoms with E-state index in [4.69, 9.17) is 14.6 Å². The Morgan fingerprint density at radius 2 is 1.80 bits per heavy atom. The molecule has 0 atom stereocenters. The number of hydrogen-bond donors (Lipinski definition) is 2. The van der Waals surface area contributed by atoms with E-state index in [0.29, 0.717) is 44.6 Å². The molecule has 1 saturated carbocycles. The number of nitrogens with zero attached hydrogens (tertiary/aromatic N) is 1. The third-order valence-electron chi connectivity index (χ3n) is 4.14. The fourth-order valence-corrected chi connectivity index (χ4v) is 2.88. The van der Waals surface area contributed by atoms with E-state index >= 15 is 0 Å². The predicted octanol–water partition coefficient (Wildman–Crippen LogP) is 1.28. The summed E-state index contributed by atoms with van der Waals surface area (Å²) in [5.41, 5.74) is -0.403. The summed E-state index contributed by atoms with van der Waals surface area (Å²) >= 11 is 0. The van der Waals surface area contributed by atoms with Crippen molar-refractivity contribution in [2.75, 3.05) is 13.2 Å². The summed E-state index contributed by atoms with van der Waals surface area (Å²) in [6.07, 6.45) is 3.50. The molecule has 1 aliphatic carbocycles. The highest BCUT2D eigenvalue weighted by Crippen LogP contribution is 2.44. The monoisotopic (exact) mass is 279 g/mol. The lowest BCUT2D eigenvalue weighted by molar-refractivity contribution is -0.204. The van der Waals surface area contributed by atoms with E-state index in [9.17, 15) is 9.90 Å². The van der Waals surface area contributed by atoms with Crippen molar-refractivity contribution in [3.8, 4) is 0 Å². The lowest BCUT2D eigenvalue weighted by atomic mass is 9.79. The molecule has 0 radical (unpaired) electrons. The summed E-state index contributed by atoms with van der Waals surface area (Å²) in [7, 11) is 0. The molecule has 3 rings (SSSR count). The summed E-state index contributed by atoms with van der Waals surface area (Å²) < 4.78 is 11.3. The summed E-state index contributed by atoms with van der Waals surface area (Å²) in [6, 6.07) is 3.05. The van der Waals surface area contributed by atoms with Gasteiger partial charge in [-0.2, -0.15) is 0 Å². The Morgan fingerprint density at radius 1 is 1.15 bits per heavy atom. The van der Waals surface area contributed by atoms with E-state index in [-0.39, 0.29) is 5.56 Å². The maximum Gasteiger partial charge on any atom is 0.337 e. The average molecular weight is 279 g/mol. The quantitative estimate of drug-likeness (QED) is 0.848. The summed E-state index contributed by atoms with van der Waals surface area (Å²) in [5, 5.41) is 19.5. The van der Waals surface area contributed by atoms with Gasteiger partial charge in [0.2, 0.25) is 0 Å². The molecule has 2 aliphatic rings. The molecule has 6 nitrogen and oxygen atoms in total. The van der Waals surface area contributed by atoms with Gasteiger partial charge in [-0.3, -0.25) is 4.98 Å². The molecule has 0 amide bonds. The van der Waals surface area contributed by atoms with Crippen molar-refractivity contribution in [3.05, 3.63) is 29.6 Å². The van der Waals surface area contributed by atoms with Crippen molar-refractivity contribution >= 4 is 5.97 Å². The van der Waals surface area contributed by atoms with Crippen LogP contribution in [0.4, 0.5) is 0 Å². The Labute approximate surface area is 116 Å². The molecule has 1 aromatic rings. The highest BCUT2D eigenvalue weighted by molar-refractivity contribution is 5.87. The maximum absolute atomic E-state index is 10.8. The zero-order valence-corrected chi connectivity index (χ0v) is 11.0. The van der Waals surface area contributed by atoms with Gasteiger partial charge in [-0.15, -0.1) is 0 Å². The predicted molar refractivity (Wildman–Crippen MR) is 68.2 cm³/mol. The molecule has 2 heterocycles. The van der Waals surface area contributed by atoms with Crippen molar-refractivity contribution in [1.82, 2.24) is 4.98 Å². The number of aromatic nitrogens is 1. The van der Waals surface area contributed by atoms with Crippen LogP contribution in [0.25, 0.3) is 0 Å².